The van der Waals surface area contributed by atoms with Crippen molar-refractivity contribution in [1.82, 2.24) is 0 Å². The van der Waals surface area contributed by atoms with Gasteiger partial charge in [-0.1, -0.05) is 13.2 Å². The van der Waals surface area contributed by atoms with Gasteiger partial charge in [-0.15, -0.1) is 0 Å². The van der Waals surface area contributed by atoms with Crippen LogP contribution >= 0.6 is 0 Å². The minimum Gasteiger partial charge on any atom is -0.550 e. The maximum Gasteiger partial charge on any atom is 2.00 e. The van der Waals surface area contributed by atoms with E-state index in [-0.39, 0.29) is 82.7 Å². The van der Waals surface area contributed by atoms with Gasteiger partial charge < -0.3 is 38.7 Å². The van der Waals surface area contributed by atoms with Crippen molar-refractivity contribution in [2.24, 2.45) is 0 Å². The second kappa shape index (κ2) is 20.8. The van der Waals surface area contributed by atoms with Crippen LogP contribution in [0.25, 0.3) is 0 Å². The number of hydrogen-bond donors (Lipinski definition) is 0. The number of carboxylic acids is 2. The number of carbonyl (C=O) groups excluding carboxylic acids is 6. The Hall–Kier alpha value is -3.08. The van der Waals surface area contributed by atoms with E-state index in [4.69, 9.17) is 0 Å². The van der Waals surface area contributed by atoms with Gasteiger partial charge in [0.25, 0.3) is 0 Å². The Morgan fingerprint density at radius 2 is 0.848 bits per heavy atom. The standard InChI is InChI=1S/2C10H14O6.Zn/c2*1-7(2)10(14)16-6-5-15-9(13)4-3-8(11)12;/h2*1,3-6H2,2H3,(H,11,12);/q;;+2/p-2. The third kappa shape index (κ3) is 25.1. The quantitative estimate of drug-likeness (QED) is 0.0831. The molecule has 0 bridgehead atoms. The molecule has 0 aromatic heterocycles. The zero-order valence-corrected chi connectivity index (χ0v) is 21.6. The van der Waals surface area contributed by atoms with Crippen LogP contribution in [0.4, 0.5) is 0 Å². The Balaban J connectivity index is -0.000000529. The SMILES string of the molecule is C=C(C)C(=O)OCCOC(=O)CCC(=O)[O-].C=C(C)C(=O)OCCOC(=O)CCC(=O)[O-].[Zn+2]. The summed E-state index contributed by atoms with van der Waals surface area (Å²) in [5, 5.41) is 20.0. The summed E-state index contributed by atoms with van der Waals surface area (Å²) in [5.41, 5.74) is 0.506. The van der Waals surface area contributed by atoms with Crippen LogP contribution in [0.2, 0.25) is 0 Å². The first-order chi connectivity index (χ1) is 14.9. The molecule has 0 aliphatic heterocycles. The van der Waals surface area contributed by atoms with E-state index >= 15 is 0 Å². The fourth-order valence-electron chi connectivity index (χ4n) is 1.38. The van der Waals surface area contributed by atoms with Crippen molar-refractivity contribution >= 4 is 35.8 Å². The zero-order valence-electron chi connectivity index (χ0n) is 18.7. The van der Waals surface area contributed by atoms with E-state index in [0.717, 1.165) is 0 Å². The topological polar surface area (TPSA) is 185 Å². The first kappa shape index (κ1) is 34.5. The Kier molecular flexibility index (Phi) is 21.8. The molecule has 0 aromatic carbocycles. The number of hydrogen-bond acceptors (Lipinski definition) is 12. The van der Waals surface area contributed by atoms with Crippen molar-refractivity contribution < 1.29 is 77.4 Å². The molecule has 0 N–H and O–H groups in total. The number of aliphatic carboxylic acids is 2. The van der Waals surface area contributed by atoms with Gasteiger partial charge in [0.05, 0.1) is 12.8 Å². The second-order valence-corrected chi connectivity index (χ2v) is 6.02. The number of ether oxygens (including phenoxy) is 4. The zero-order chi connectivity index (χ0) is 25.1. The van der Waals surface area contributed by atoms with Crippen molar-refractivity contribution in [3.05, 3.63) is 24.3 Å². The second-order valence-electron chi connectivity index (χ2n) is 6.02. The minimum absolute atomic E-state index is 0. The molecule has 0 radical (unpaired) electrons. The van der Waals surface area contributed by atoms with Gasteiger partial charge in [-0.25, -0.2) is 9.59 Å². The van der Waals surface area contributed by atoms with E-state index in [9.17, 15) is 39.0 Å². The predicted molar refractivity (Wildman–Crippen MR) is 102 cm³/mol. The smallest absolute Gasteiger partial charge is 0.550 e. The van der Waals surface area contributed by atoms with Gasteiger partial charge in [0.1, 0.15) is 26.4 Å². The summed E-state index contributed by atoms with van der Waals surface area (Å²) in [6.45, 7) is 9.34. The first-order valence-corrected chi connectivity index (χ1v) is 9.23. The molecule has 0 aromatic rings. The molecule has 0 heterocycles. The van der Waals surface area contributed by atoms with E-state index in [1.165, 1.54) is 13.8 Å². The molecule has 0 atom stereocenters. The van der Waals surface area contributed by atoms with Crippen molar-refractivity contribution in [3.63, 3.8) is 0 Å². The Labute approximate surface area is 203 Å². The molecule has 12 nitrogen and oxygen atoms in total. The molecular formula is C20H26O12Zn. The normalized spacial score (nSPS) is 9.03. The number of esters is 4. The fourth-order valence-corrected chi connectivity index (χ4v) is 1.38. The van der Waals surface area contributed by atoms with Gasteiger partial charge in [0.15, 0.2) is 0 Å². The van der Waals surface area contributed by atoms with E-state index in [1.54, 1.807) is 0 Å². The molecule has 0 rings (SSSR count). The molecule has 0 fully saturated rings. The van der Waals surface area contributed by atoms with Gasteiger partial charge in [-0.05, 0) is 26.7 Å². The van der Waals surface area contributed by atoms with Crippen LogP contribution in [-0.4, -0.2) is 62.2 Å². The fraction of sp³-hybridized carbons (Fsp3) is 0.500. The van der Waals surface area contributed by atoms with E-state index in [1.807, 2.05) is 0 Å². The molecule has 0 unspecified atom stereocenters. The molecule has 13 heteroatoms. The van der Waals surface area contributed by atoms with Crippen LogP contribution in [0.15, 0.2) is 24.3 Å². The summed E-state index contributed by atoms with van der Waals surface area (Å²) in [5.74, 6) is -5.10. The monoisotopic (exact) mass is 522 g/mol. The van der Waals surface area contributed by atoms with Crippen LogP contribution in [0.3, 0.4) is 0 Å². The van der Waals surface area contributed by atoms with Crippen LogP contribution in [0.5, 0.6) is 0 Å². The number of carbonyl (C=O) groups is 6. The van der Waals surface area contributed by atoms with E-state index < -0.39 is 35.8 Å². The summed E-state index contributed by atoms with van der Waals surface area (Å²) in [7, 11) is 0. The van der Waals surface area contributed by atoms with Crippen LogP contribution < -0.4 is 10.2 Å². The van der Waals surface area contributed by atoms with Crippen LogP contribution in [0, 0.1) is 0 Å². The van der Waals surface area contributed by atoms with Crippen molar-refractivity contribution in [2.75, 3.05) is 26.4 Å². The van der Waals surface area contributed by atoms with Gasteiger partial charge in [0, 0.05) is 23.1 Å². The van der Waals surface area contributed by atoms with Crippen LogP contribution in [-0.2, 0) is 67.2 Å². The average Bonchev–Trinajstić information content (AvgIpc) is 2.71. The van der Waals surface area contributed by atoms with Gasteiger partial charge >= 0.3 is 43.4 Å². The molecule has 0 saturated carbocycles. The van der Waals surface area contributed by atoms with E-state index in [0.29, 0.717) is 0 Å². The minimum atomic E-state index is -1.31. The van der Waals surface area contributed by atoms with Gasteiger partial charge in [-0.3, -0.25) is 9.59 Å². The van der Waals surface area contributed by atoms with E-state index in [2.05, 4.69) is 32.1 Å². The largest absolute Gasteiger partial charge is 2.00 e. The molecule has 0 aliphatic carbocycles. The molecular weight excluding hydrogens is 498 g/mol. The summed E-state index contributed by atoms with van der Waals surface area (Å²) in [4.78, 5) is 63.4. The molecule has 33 heavy (non-hydrogen) atoms. The molecule has 0 spiro atoms. The summed E-state index contributed by atoms with van der Waals surface area (Å²) < 4.78 is 18.4. The molecule has 180 valence electrons. The Bertz CT molecular complexity index is 654. The van der Waals surface area contributed by atoms with Crippen molar-refractivity contribution in [3.8, 4) is 0 Å². The first-order valence-electron chi connectivity index (χ1n) is 9.23. The Morgan fingerprint density at radius 1 is 0.576 bits per heavy atom. The Morgan fingerprint density at radius 3 is 1.09 bits per heavy atom. The van der Waals surface area contributed by atoms with Crippen molar-refractivity contribution in [2.45, 2.75) is 39.5 Å². The number of rotatable bonds is 14. The maximum atomic E-state index is 10.9. The average molecular weight is 524 g/mol. The third-order valence-electron chi connectivity index (χ3n) is 2.92. The summed E-state index contributed by atoms with van der Waals surface area (Å²) in [6.07, 6.45) is -1.28. The predicted octanol–water partition coefficient (Wildman–Crippen LogP) is -1.64. The summed E-state index contributed by atoms with van der Waals surface area (Å²) >= 11 is 0. The summed E-state index contributed by atoms with van der Waals surface area (Å²) in [6, 6.07) is 0. The maximum absolute atomic E-state index is 10.9. The van der Waals surface area contributed by atoms with Gasteiger partial charge in [0.2, 0.25) is 0 Å². The van der Waals surface area contributed by atoms with Crippen molar-refractivity contribution in [1.29, 1.82) is 0 Å². The number of carboxylic acid groups (broad SMARTS) is 2. The molecule has 0 aliphatic rings. The molecule has 0 amide bonds. The third-order valence-corrected chi connectivity index (χ3v) is 2.92. The van der Waals surface area contributed by atoms with Crippen LogP contribution in [0.1, 0.15) is 39.5 Å². The molecule has 0 saturated heterocycles. The van der Waals surface area contributed by atoms with Gasteiger partial charge in [-0.2, -0.15) is 0 Å².